The van der Waals surface area contributed by atoms with E-state index >= 15 is 0 Å². The van der Waals surface area contributed by atoms with Gasteiger partial charge in [0.05, 0.1) is 35.9 Å². The molecule has 1 saturated heterocycles. The monoisotopic (exact) mass is 721 g/mol. The number of carbonyl (C=O) groups is 1. The molecule has 0 amide bonds. The van der Waals surface area contributed by atoms with Gasteiger partial charge in [-0.2, -0.15) is 0 Å². The molecule has 3 aliphatic carbocycles. The van der Waals surface area contributed by atoms with E-state index in [-0.39, 0.29) is 36.6 Å². The number of nitrogens with one attached hydrogen (secondary N) is 1. The van der Waals surface area contributed by atoms with E-state index < -0.39 is 23.6 Å². The van der Waals surface area contributed by atoms with Gasteiger partial charge in [0.2, 0.25) is 0 Å². The van der Waals surface area contributed by atoms with Crippen molar-refractivity contribution in [3.63, 3.8) is 0 Å². The smallest absolute Gasteiger partial charge is 0.309 e. The number of allylic oxidation sites excluding steroid dienone is 3. The number of piperidine rings is 1. The van der Waals surface area contributed by atoms with Gasteiger partial charge in [0.15, 0.2) is 0 Å². The lowest BCUT2D eigenvalue weighted by molar-refractivity contribution is -0.146. The first-order valence-electron chi connectivity index (χ1n) is 21.1. The highest BCUT2D eigenvalue weighted by atomic mass is 16.4. The summed E-state index contributed by atoms with van der Waals surface area (Å²) in [5, 5.41) is 47.9. The summed E-state index contributed by atoms with van der Waals surface area (Å²) in [6.07, 6.45) is 27.2. The fourth-order valence-corrected chi connectivity index (χ4v) is 10.7. The zero-order valence-electron chi connectivity index (χ0n) is 31.8. The zero-order chi connectivity index (χ0) is 36.7. The summed E-state index contributed by atoms with van der Waals surface area (Å²) in [5.41, 5.74) is 8.96. The van der Waals surface area contributed by atoms with Crippen molar-refractivity contribution in [2.75, 3.05) is 6.54 Å². The lowest BCUT2D eigenvalue weighted by Crippen LogP contribution is -2.44. The fraction of sp³-hybridized carbons (Fsp3) is 0.791. The fourth-order valence-electron chi connectivity index (χ4n) is 10.7. The number of aliphatic imine (C=N–C) groups is 2. The Morgan fingerprint density at radius 3 is 2.67 bits per heavy atom. The van der Waals surface area contributed by atoms with Crippen molar-refractivity contribution in [3.05, 3.63) is 36.1 Å². The van der Waals surface area contributed by atoms with E-state index in [2.05, 4.69) is 41.5 Å². The summed E-state index contributed by atoms with van der Waals surface area (Å²) in [4.78, 5) is 22.1. The molecule has 0 radical (unpaired) electrons. The lowest BCUT2D eigenvalue weighted by Gasteiger charge is -2.32. The SMILES string of the molecule is CCCCC[C@H]1C=C[C@@H](CCCCC[C@H](C(=O)O)[C@H](O)CC[C@]2(O)C[C@@H](CC3CCNC(N)C3)C[C@H]2CC2=NC3CC4=NC=CC4CC3=C2)[C@H](O)C1. The molecule has 2 saturated carbocycles. The van der Waals surface area contributed by atoms with Gasteiger partial charge in [-0.1, -0.05) is 63.7 Å². The molecule has 0 bridgehead atoms. The van der Waals surface area contributed by atoms with Gasteiger partial charge < -0.3 is 31.5 Å². The van der Waals surface area contributed by atoms with Gasteiger partial charge in [0.25, 0.3) is 0 Å². The highest BCUT2D eigenvalue weighted by molar-refractivity contribution is 6.01. The first-order chi connectivity index (χ1) is 25.1. The third-order valence-corrected chi connectivity index (χ3v) is 13.7. The highest BCUT2D eigenvalue weighted by Gasteiger charge is 2.47. The third kappa shape index (κ3) is 10.3. The van der Waals surface area contributed by atoms with E-state index in [4.69, 9.17) is 10.7 Å². The van der Waals surface area contributed by atoms with Crippen LogP contribution >= 0.6 is 0 Å². The van der Waals surface area contributed by atoms with Crippen LogP contribution in [-0.4, -0.2) is 74.4 Å². The molecule has 9 nitrogen and oxygen atoms in total. The molecule has 290 valence electrons. The molecule has 0 aromatic heterocycles. The molecule has 3 aliphatic heterocycles. The largest absolute Gasteiger partial charge is 0.481 e. The van der Waals surface area contributed by atoms with Gasteiger partial charge in [-0.25, -0.2) is 0 Å². The maximum absolute atomic E-state index is 12.4. The van der Waals surface area contributed by atoms with E-state index in [1.165, 1.54) is 30.5 Å². The number of unbranched alkanes of at least 4 members (excludes halogenated alkanes) is 4. The summed E-state index contributed by atoms with van der Waals surface area (Å²) in [6, 6.07) is 0.168. The molecule has 3 heterocycles. The Balaban J connectivity index is 1.00. The van der Waals surface area contributed by atoms with Gasteiger partial charge >= 0.3 is 5.97 Å². The number of aliphatic carboxylic acids is 1. The minimum atomic E-state index is -1.00. The maximum Gasteiger partial charge on any atom is 0.309 e. The quantitative estimate of drug-likeness (QED) is 0.0628. The number of rotatable bonds is 19. The second-order valence-corrected chi connectivity index (χ2v) is 17.6. The first-order valence-corrected chi connectivity index (χ1v) is 21.1. The standard InChI is InChI=1S/C43H68N4O5/c1-2-3-5-8-28-11-12-31(40(49)21-28)9-6-4-7-10-36(42(50)51)39(48)13-16-43(52)27-30(19-29-14-17-46-41(44)22-29)20-34(43)25-35-24-33-23-32-15-18-45-37(32)26-38(33)47-35/h11-12,15,18,24,28-32,34,36,38-41,46,48-49,52H,2-10,13-14,16-17,19-23,25-27,44H2,1H3,(H,50,51)/t28-,29?,30-,31+,32?,34-,36-,38?,39+,40+,41?,43-/m0/s1. The Kier molecular flexibility index (Phi) is 14.0. The van der Waals surface area contributed by atoms with Crippen molar-refractivity contribution in [3.8, 4) is 0 Å². The van der Waals surface area contributed by atoms with Crippen molar-refractivity contribution in [1.29, 1.82) is 0 Å². The summed E-state index contributed by atoms with van der Waals surface area (Å²) in [5.74, 6) is 0.200. The van der Waals surface area contributed by atoms with Gasteiger partial charge in [0, 0.05) is 35.9 Å². The second-order valence-electron chi connectivity index (χ2n) is 17.6. The number of carboxylic acid groups (broad SMARTS) is 1. The van der Waals surface area contributed by atoms with Crippen LogP contribution in [0.1, 0.15) is 135 Å². The normalized spacial score (nSPS) is 36.6. The molecule has 3 fully saturated rings. The van der Waals surface area contributed by atoms with Crippen LogP contribution in [-0.2, 0) is 4.79 Å². The number of hydrogen-bond donors (Lipinski definition) is 6. The summed E-state index contributed by atoms with van der Waals surface area (Å²) in [7, 11) is 0. The number of hydrogen-bond acceptors (Lipinski definition) is 8. The Bertz CT molecular complexity index is 1360. The number of aliphatic hydroxyl groups is 3. The van der Waals surface area contributed by atoms with Crippen LogP contribution in [0.25, 0.3) is 0 Å². The molecule has 9 heteroatoms. The summed E-state index contributed by atoms with van der Waals surface area (Å²) in [6.45, 7) is 3.15. The molecule has 0 aromatic carbocycles. The molecular formula is C43H68N4O5. The molecule has 6 rings (SSSR count). The molecule has 52 heavy (non-hydrogen) atoms. The van der Waals surface area contributed by atoms with E-state index in [9.17, 15) is 25.2 Å². The summed E-state index contributed by atoms with van der Waals surface area (Å²) < 4.78 is 0. The van der Waals surface area contributed by atoms with Crippen LogP contribution in [0.2, 0.25) is 0 Å². The van der Waals surface area contributed by atoms with E-state index in [0.717, 1.165) is 89.3 Å². The Morgan fingerprint density at radius 1 is 1.04 bits per heavy atom. The highest BCUT2D eigenvalue weighted by Crippen LogP contribution is 2.49. The van der Waals surface area contributed by atoms with Gasteiger partial charge in [-0.15, -0.1) is 0 Å². The minimum Gasteiger partial charge on any atom is -0.481 e. The molecule has 7 N–H and O–H groups in total. The number of aliphatic hydroxyl groups excluding tert-OH is 2. The van der Waals surface area contributed by atoms with Crippen LogP contribution < -0.4 is 11.1 Å². The Morgan fingerprint density at radius 2 is 1.88 bits per heavy atom. The number of carboxylic acids is 1. The van der Waals surface area contributed by atoms with Crippen LogP contribution in [0.3, 0.4) is 0 Å². The van der Waals surface area contributed by atoms with Crippen LogP contribution in [0.15, 0.2) is 46.1 Å². The van der Waals surface area contributed by atoms with Crippen LogP contribution in [0.4, 0.5) is 0 Å². The van der Waals surface area contributed by atoms with Crippen molar-refractivity contribution in [1.82, 2.24) is 5.32 Å². The minimum absolute atomic E-state index is 0.0201. The number of nitrogens with two attached hydrogens (primary N) is 1. The van der Waals surface area contributed by atoms with Crippen LogP contribution in [0.5, 0.6) is 0 Å². The predicted octanol–water partition coefficient (Wildman–Crippen LogP) is 6.86. The lowest BCUT2D eigenvalue weighted by atomic mass is 9.80. The maximum atomic E-state index is 12.4. The van der Waals surface area contributed by atoms with Crippen molar-refractivity contribution >= 4 is 17.4 Å². The second kappa shape index (κ2) is 18.4. The molecule has 12 atom stereocenters. The van der Waals surface area contributed by atoms with Gasteiger partial charge in [-0.3, -0.25) is 14.8 Å². The van der Waals surface area contributed by atoms with Crippen molar-refractivity contribution < 1.29 is 25.2 Å². The molecule has 4 unspecified atom stereocenters. The van der Waals surface area contributed by atoms with Gasteiger partial charge in [0.1, 0.15) is 0 Å². The average Bonchev–Trinajstić information content (AvgIpc) is 3.81. The zero-order valence-corrected chi connectivity index (χ0v) is 31.8. The number of fused-ring (bicyclic) bond motifs is 2. The first kappa shape index (κ1) is 39.5. The average molecular weight is 721 g/mol. The Hall–Kier alpha value is -2.17. The van der Waals surface area contributed by atoms with Crippen molar-refractivity contribution in [2.45, 2.75) is 165 Å². The van der Waals surface area contributed by atoms with E-state index in [1.807, 2.05) is 6.20 Å². The van der Waals surface area contributed by atoms with Crippen LogP contribution in [0, 0.1) is 41.4 Å². The van der Waals surface area contributed by atoms with E-state index in [0.29, 0.717) is 49.4 Å². The van der Waals surface area contributed by atoms with Crippen molar-refractivity contribution in [2.24, 2.45) is 57.1 Å². The molecule has 0 spiro atoms. The third-order valence-electron chi connectivity index (χ3n) is 13.7. The molecular weight excluding hydrogens is 652 g/mol. The predicted molar refractivity (Wildman–Crippen MR) is 208 cm³/mol. The summed E-state index contributed by atoms with van der Waals surface area (Å²) >= 11 is 0. The number of nitrogens with zero attached hydrogens (tertiary/aromatic N) is 2. The topological polar surface area (TPSA) is 161 Å². The molecule has 0 aromatic rings. The van der Waals surface area contributed by atoms with Gasteiger partial charge in [-0.05, 0) is 125 Å². The molecule has 6 aliphatic rings. The van der Waals surface area contributed by atoms with E-state index in [1.54, 1.807) is 0 Å². The Labute approximate surface area is 312 Å².